The molecule has 1 aliphatic rings. The highest BCUT2D eigenvalue weighted by Crippen LogP contribution is 2.30. The molecule has 0 spiro atoms. The molecule has 0 aliphatic heterocycles. The summed E-state index contributed by atoms with van der Waals surface area (Å²) in [6.07, 6.45) is 10.2. The molecule has 138 valence electrons. The van der Waals surface area contributed by atoms with Gasteiger partial charge in [0.1, 0.15) is 15.5 Å². The van der Waals surface area contributed by atoms with E-state index < -0.39 is 9.84 Å². The van der Waals surface area contributed by atoms with E-state index in [2.05, 4.69) is 10.1 Å². The molecule has 26 heavy (non-hydrogen) atoms. The molecule has 7 nitrogen and oxygen atoms in total. The Morgan fingerprint density at radius 3 is 2.85 bits per heavy atom. The van der Waals surface area contributed by atoms with Crippen LogP contribution in [-0.2, 0) is 14.6 Å². The normalized spacial score (nSPS) is 19.7. The zero-order valence-electron chi connectivity index (χ0n) is 14.4. The number of aromatic nitrogens is 3. The van der Waals surface area contributed by atoms with E-state index in [1.807, 2.05) is 6.07 Å². The Morgan fingerprint density at radius 1 is 1.42 bits per heavy atom. The second-order valence-electron chi connectivity index (χ2n) is 6.44. The molecule has 0 bridgehead atoms. The average molecular weight is 395 g/mol. The van der Waals surface area contributed by atoms with E-state index in [1.54, 1.807) is 48.5 Å². The second kappa shape index (κ2) is 7.20. The number of allylic oxidation sites excluding steroid dienone is 1. The van der Waals surface area contributed by atoms with Gasteiger partial charge in [0, 0.05) is 19.5 Å². The summed E-state index contributed by atoms with van der Waals surface area (Å²) in [5.74, 6) is -0.605. The van der Waals surface area contributed by atoms with Gasteiger partial charge in [0.15, 0.2) is 5.15 Å². The van der Waals surface area contributed by atoms with E-state index in [-0.39, 0.29) is 28.6 Å². The number of anilines is 1. The summed E-state index contributed by atoms with van der Waals surface area (Å²) in [6, 6.07) is 3.61. The molecular formula is C17H19ClN4O3S. The molecule has 2 aromatic rings. The maximum atomic E-state index is 12.8. The highest BCUT2D eigenvalue weighted by molar-refractivity contribution is 7.90. The quantitative estimate of drug-likeness (QED) is 0.725. The fraction of sp³-hybridized carbons (Fsp3) is 0.353. The third-order valence-corrected chi connectivity index (χ3v) is 5.56. The molecule has 2 heterocycles. The van der Waals surface area contributed by atoms with Crippen molar-refractivity contribution < 1.29 is 13.2 Å². The van der Waals surface area contributed by atoms with Gasteiger partial charge in [-0.2, -0.15) is 5.10 Å². The van der Waals surface area contributed by atoms with Gasteiger partial charge in [-0.05, 0) is 24.5 Å². The summed E-state index contributed by atoms with van der Waals surface area (Å²) in [5, 5.41) is 4.43. The monoisotopic (exact) mass is 394 g/mol. The van der Waals surface area contributed by atoms with E-state index in [9.17, 15) is 13.2 Å². The van der Waals surface area contributed by atoms with Crippen molar-refractivity contribution in [3.05, 3.63) is 48.0 Å². The van der Waals surface area contributed by atoms with E-state index in [0.717, 1.165) is 5.69 Å². The van der Waals surface area contributed by atoms with Gasteiger partial charge in [0.25, 0.3) is 0 Å². The van der Waals surface area contributed by atoms with Crippen molar-refractivity contribution in [2.75, 3.05) is 24.0 Å². The van der Waals surface area contributed by atoms with Gasteiger partial charge in [-0.15, -0.1) is 0 Å². The van der Waals surface area contributed by atoms with Gasteiger partial charge in [0.2, 0.25) is 5.91 Å². The lowest BCUT2D eigenvalue weighted by atomic mass is 10.0. The van der Waals surface area contributed by atoms with Crippen LogP contribution in [-0.4, -0.2) is 48.1 Å². The maximum absolute atomic E-state index is 12.8. The predicted octanol–water partition coefficient (Wildman–Crippen LogP) is 2.12. The fourth-order valence-corrected chi connectivity index (χ4v) is 4.31. The Morgan fingerprint density at radius 2 is 2.19 bits per heavy atom. The Balaban J connectivity index is 1.74. The molecule has 0 aromatic carbocycles. The van der Waals surface area contributed by atoms with Crippen LogP contribution in [0.3, 0.4) is 0 Å². The second-order valence-corrected chi connectivity index (χ2v) is 8.98. The molecule has 0 fully saturated rings. The number of rotatable bonds is 5. The Kier molecular flexibility index (Phi) is 5.15. The van der Waals surface area contributed by atoms with Crippen molar-refractivity contribution in [3.8, 4) is 5.69 Å². The van der Waals surface area contributed by atoms with Crippen molar-refractivity contribution in [2.45, 2.75) is 6.42 Å². The zero-order chi connectivity index (χ0) is 18.9. The largest absolute Gasteiger partial charge is 0.311 e. The number of carbonyl (C=O) groups is 1. The van der Waals surface area contributed by atoms with Gasteiger partial charge < -0.3 is 4.90 Å². The predicted molar refractivity (Wildman–Crippen MR) is 100 cm³/mol. The van der Waals surface area contributed by atoms with Crippen LogP contribution in [0.2, 0.25) is 5.15 Å². The first-order valence-electron chi connectivity index (χ1n) is 8.04. The molecule has 0 unspecified atom stereocenters. The van der Waals surface area contributed by atoms with Crippen molar-refractivity contribution in [3.63, 3.8) is 0 Å². The molecule has 2 atom stereocenters. The first-order valence-corrected chi connectivity index (χ1v) is 10.5. The molecular weight excluding hydrogens is 376 g/mol. The maximum Gasteiger partial charge on any atom is 0.233 e. The van der Waals surface area contributed by atoms with E-state index in [0.29, 0.717) is 12.1 Å². The van der Waals surface area contributed by atoms with Crippen LogP contribution in [0.25, 0.3) is 5.69 Å². The van der Waals surface area contributed by atoms with Crippen LogP contribution in [0.15, 0.2) is 42.9 Å². The van der Waals surface area contributed by atoms with Crippen LogP contribution in [0.4, 0.5) is 5.69 Å². The number of amides is 1. The van der Waals surface area contributed by atoms with Gasteiger partial charge in [0.05, 0.1) is 29.8 Å². The lowest BCUT2D eigenvalue weighted by Gasteiger charge is -2.19. The summed E-state index contributed by atoms with van der Waals surface area (Å²) < 4.78 is 24.4. The number of hydrogen-bond donors (Lipinski definition) is 0. The van der Waals surface area contributed by atoms with Crippen molar-refractivity contribution >= 4 is 33.0 Å². The third kappa shape index (κ3) is 4.13. The first kappa shape index (κ1) is 18.6. The van der Waals surface area contributed by atoms with Crippen molar-refractivity contribution in [1.82, 2.24) is 14.8 Å². The smallest absolute Gasteiger partial charge is 0.233 e. The molecule has 0 radical (unpaired) electrons. The molecule has 9 heteroatoms. The third-order valence-electron chi connectivity index (χ3n) is 4.26. The van der Waals surface area contributed by atoms with Crippen LogP contribution in [0.5, 0.6) is 0 Å². The highest BCUT2D eigenvalue weighted by atomic mass is 35.5. The van der Waals surface area contributed by atoms with Crippen LogP contribution < -0.4 is 4.90 Å². The molecule has 0 N–H and O–H groups in total. The fourth-order valence-electron chi connectivity index (χ4n) is 3.03. The van der Waals surface area contributed by atoms with Gasteiger partial charge in [-0.25, -0.2) is 13.1 Å². The lowest BCUT2D eigenvalue weighted by molar-refractivity contribution is -0.120. The minimum Gasteiger partial charge on any atom is -0.311 e. The molecule has 0 saturated heterocycles. The lowest BCUT2D eigenvalue weighted by Crippen LogP contribution is -2.32. The van der Waals surface area contributed by atoms with Gasteiger partial charge in [-0.3, -0.25) is 9.78 Å². The first-order chi connectivity index (χ1) is 12.2. The molecule has 1 aliphatic carbocycles. The zero-order valence-corrected chi connectivity index (χ0v) is 16.0. The topological polar surface area (TPSA) is 85.2 Å². The Hall–Kier alpha value is -2.19. The van der Waals surface area contributed by atoms with Gasteiger partial charge in [-0.1, -0.05) is 23.8 Å². The number of pyridine rings is 1. The number of sulfone groups is 1. The number of carbonyl (C=O) groups excluding carboxylic acids is 1. The summed E-state index contributed by atoms with van der Waals surface area (Å²) >= 11 is 6.21. The highest BCUT2D eigenvalue weighted by Gasteiger charge is 2.30. The molecule has 1 amide bonds. The minimum absolute atomic E-state index is 0.0523. The van der Waals surface area contributed by atoms with Crippen molar-refractivity contribution in [2.24, 2.45) is 11.8 Å². The summed E-state index contributed by atoms with van der Waals surface area (Å²) in [7, 11) is -1.44. The molecule has 0 saturated carbocycles. The Labute approximate surface area is 157 Å². The number of halogens is 1. The Bertz CT molecular complexity index is 940. The minimum atomic E-state index is -3.08. The van der Waals surface area contributed by atoms with Crippen LogP contribution >= 0.6 is 11.6 Å². The summed E-state index contributed by atoms with van der Waals surface area (Å²) in [5.41, 5.74) is 1.22. The van der Waals surface area contributed by atoms with Crippen LogP contribution in [0.1, 0.15) is 6.42 Å². The number of nitrogens with zero attached hydrogens (tertiary/aromatic N) is 4. The summed E-state index contributed by atoms with van der Waals surface area (Å²) in [6.45, 7) is 0. The van der Waals surface area contributed by atoms with Crippen molar-refractivity contribution in [1.29, 1.82) is 0 Å². The number of hydrogen-bond acceptors (Lipinski definition) is 5. The van der Waals surface area contributed by atoms with E-state index in [1.165, 1.54) is 11.2 Å². The molecule has 3 rings (SSSR count). The average Bonchev–Trinajstić information content (AvgIpc) is 3.19. The standard InChI is InChI=1S/C17H19ClN4O3S/c1-21(17(23)13-6-5-12(8-13)11-26(2,24)25)15-10-22(20-16(15)18)14-4-3-7-19-9-14/h3-7,9-10,12-13H,8,11H2,1-2H3/t12-,13+/m0/s1. The SMILES string of the molecule is CN(C(=O)[C@@H]1C=C[C@H](CS(C)(=O)=O)C1)c1cn(-c2cccnc2)nc1Cl. The molecule has 2 aromatic heterocycles. The van der Waals surface area contributed by atoms with E-state index >= 15 is 0 Å². The van der Waals surface area contributed by atoms with Crippen LogP contribution in [0, 0.1) is 11.8 Å². The van der Waals surface area contributed by atoms with Gasteiger partial charge >= 0.3 is 0 Å². The van der Waals surface area contributed by atoms with E-state index in [4.69, 9.17) is 11.6 Å². The summed E-state index contributed by atoms with van der Waals surface area (Å²) in [4.78, 5) is 18.3.